The van der Waals surface area contributed by atoms with Crippen molar-refractivity contribution in [3.63, 3.8) is 0 Å². The zero-order valence-corrected chi connectivity index (χ0v) is 11.3. The first-order chi connectivity index (χ1) is 8.02. The lowest BCUT2D eigenvalue weighted by Gasteiger charge is -2.30. The van der Waals surface area contributed by atoms with Gasteiger partial charge >= 0.3 is 0 Å². The van der Waals surface area contributed by atoms with Crippen LogP contribution in [0.5, 0.6) is 0 Å². The summed E-state index contributed by atoms with van der Waals surface area (Å²) in [4.78, 5) is 12.2. The van der Waals surface area contributed by atoms with Gasteiger partial charge in [-0.2, -0.15) is 0 Å². The molecule has 0 aliphatic carbocycles. The van der Waals surface area contributed by atoms with Crippen molar-refractivity contribution in [1.29, 1.82) is 0 Å². The van der Waals surface area contributed by atoms with Crippen molar-refractivity contribution in [2.75, 3.05) is 19.6 Å². The zero-order chi connectivity index (χ0) is 12.9. The Labute approximate surface area is 104 Å². The highest BCUT2D eigenvalue weighted by Gasteiger charge is 2.40. The van der Waals surface area contributed by atoms with Gasteiger partial charge in [0, 0.05) is 13.1 Å². The summed E-state index contributed by atoms with van der Waals surface area (Å²) < 4.78 is 0. The van der Waals surface area contributed by atoms with Crippen molar-refractivity contribution in [2.24, 2.45) is 5.41 Å². The lowest BCUT2D eigenvalue weighted by Crippen LogP contribution is -2.48. The van der Waals surface area contributed by atoms with Gasteiger partial charge in [-0.05, 0) is 32.2 Å². The highest BCUT2D eigenvalue weighted by atomic mass is 16.3. The molecule has 0 bridgehead atoms. The highest BCUT2D eigenvalue weighted by Crippen LogP contribution is 2.29. The van der Waals surface area contributed by atoms with Gasteiger partial charge in [0.2, 0.25) is 5.91 Å². The zero-order valence-electron chi connectivity index (χ0n) is 11.3. The van der Waals surface area contributed by atoms with E-state index in [0.717, 1.165) is 25.9 Å². The molecule has 0 aromatic heterocycles. The van der Waals surface area contributed by atoms with E-state index >= 15 is 0 Å². The number of aliphatic hydroxyl groups is 1. The molecule has 0 spiro atoms. The number of rotatable bonds is 6. The number of amides is 1. The van der Waals surface area contributed by atoms with Gasteiger partial charge in [-0.3, -0.25) is 4.79 Å². The van der Waals surface area contributed by atoms with E-state index in [9.17, 15) is 9.90 Å². The van der Waals surface area contributed by atoms with Crippen LogP contribution in [0.3, 0.4) is 0 Å². The number of nitrogens with one attached hydrogen (secondary N) is 2. The summed E-state index contributed by atoms with van der Waals surface area (Å²) in [5, 5.41) is 16.3. The minimum atomic E-state index is -0.753. The maximum atomic E-state index is 12.2. The summed E-state index contributed by atoms with van der Waals surface area (Å²) in [6.07, 6.45) is 3.08. The van der Waals surface area contributed by atoms with Crippen LogP contribution in [0.15, 0.2) is 0 Å². The minimum absolute atomic E-state index is 0.0883. The molecule has 17 heavy (non-hydrogen) atoms. The summed E-state index contributed by atoms with van der Waals surface area (Å²) >= 11 is 0. The first kappa shape index (κ1) is 14.5. The Bertz CT molecular complexity index is 256. The fraction of sp³-hybridized carbons (Fsp3) is 0.923. The van der Waals surface area contributed by atoms with Crippen LogP contribution in [0.2, 0.25) is 0 Å². The molecule has 1 saturated heterocycles. The van der Waals surface area contributed by atoms with Crippen LogP contribution in [-0.2, 0) is 4.79 Å². The molecular formula is C13H26N2O2. The van der Waals surface area contributed by atoms with Crippen LogP contribution < -0.4 is 10.6 Å². The van der Waals surface area contributed by atoms with Crippen molar-refractivity contribution in [1.82, 2.24) is 10.6 Å². The fourth-order valence-corrected chi connectivity index (χ4v) is 2.33. The molecule has 1 rings (SSSR count). The monoisotopic (exact) mass is 242 g/mol. The van der Waals surface area contributed by atoms with Crippen LogP contribution in [-0.4, -0.2) is 36.2 Å². The van der Waals surface area contributed by atoms with Crippen LogP contribution >= 0.6 is 0 Å². The number of hydrogen-bond acceptors (Lipinski definition) is 3. The van der Waals surface area contributed by atoms with Crippen molar-refractivity contribution < 1.29 is 9.90 Å². The molecule has 0 radical (unpaired) electrons. The molecule has 0 aromatic carbocycles. The molecule has 1 fully saturated rings. The third-order valence-electron chi connectivity index (χ3n) is 4.30. The maximum Gasteiger partial charge on any atom is 0.227 e. The lowest BCUT2D eigenvalue weighted by molar-refractivity contribution is -0.131. The Balaban J connectivity index is 2.54. The van der Waals surface area contributed by atoms with Gasteiger partial charge in [-0.25, -0.2) is 0 Å². The lowest BCUT2D eigenvalue weighted by atomic mass is 9.83. The molecule has 4 heteroatoms. The molecule has 1 atom stereocenters. The molecule has 3 N–H and O–H groups in total. The van der Waals surface area contributed by atoms with E-state index in [1.54, 1.807) is 0 Å². The number of carbonyl (C=O) groups is 1. The second kappa shape index (κ2) is 5.83. The fourth-order valence-electron chi connectivity index (χ4n) is 2.33. The van der Waals surface area contributed by atoms with E-state index < -0.39 is 5.60 Å². The van der Waals surface area contributed by atoms with E-state index in [1.165, 1.54) is 0 Å². The molecule has 1 heterocycles. The highest BCUT2D eigenvalue weighted by molar-refractivity contribution is 5.83. The van der Waals surface area contributed by atoms with E-state index in [1.807, 2.05) is 13.8 Å². The Morgan fingerprint density at radius 2 is 2.06 bits per heavy atom. The molecule has 1 amide bonds. The van der Waals surface area contributed by atoms with Crippen molar-refractivity contribution in [3.05, 3.63) is 0 Å². The van der Waals surface area contributed by atoms with Gasteiger partial charge in [0.05, 0.1) is 11.0 Å². The summed E-state index contributed by atoms with van der Waals surface area (Å²) in [6, 6.07) is 0. The SMILES string of the molecule is CCC(O)(CC)CNC(=O)C1(CC)CCNC1. The summed E-state index contributed by atoms with van der Waals surface area (Å²) in [7, 11) is 0. The van der Waals surface area contributed by atoms with Crippen molar-refractivity contribution in [3.8, 4) is 0 Å². The molecule has 1 aliphatic rings. The van der Waals surface area contributed by atoms with E-state index in [4.69, 9.17) is 0 Å². The largest absolute Gasteiger partial charge is 0.388 e. The van der Waals surface area contributed by atoms with Crippen molar-refractivity contribution in [2.45, 2.75) is 52.1 Å². The summed E-state index contributed by atoms with van der Waals surface area (Å²) in [6.45, 7) is 7.98. The van der Waals surface area contributed by atoms with Gasteiger partial charge < -0.3 is 15.7 Å². The topological polar surface area (TPSA) is 61.4 Å². The standard InChI is InChI=1S/C13H26N2O2/c1-4-12(7-8-14-9-12)11(16)15-10-13(17,5-2)6-3/h14,17H,4-10H2,1-3H3,(H,15,16). The quantitative estimate of drug-likeness (QED) is 0.652. The van der Waals surface area contributed by atoms with E-state index in [0.29, 0.717) is 19.4 Å². The Hall–Kier alpha value is -0.610. The predicted molar refractivity (Wildman–Crippen MR) is 68.8 cm³/mol. The Morgan fingerprint density at radius 3 is 2.47 bits per heavy atom. The minimum Gasteiger partial charge on any atom is -0.388 e. The Morgan fingerprint density at radius 1 is 1.41 bits per heavy atom. The molecule has 1 aliphatic heterocycles. The number of hydrogen-bond donors (Lipinski definition) is 3. The summed E-state index contributed by atoms with van der Waals surface area (Å²) in [5.41, 5.74) is -1.01. The third kappa shape index (κ3) is 3.19. The van der Waals surface area contributed by atoms with Crippen LogP contribution in [0, 0.1) is 5.41 Å². The van der Waals surface area contributed by atoms with Crippen molar-refractivity contribution >= 4 is 5.91 Å². The van der Waals surface area contributed by atoms with Crippen LogP contribution in [0.25, 0.3) is 0 Å². The molecule has 0 saturated carbocycles. The van der Waals surface area contributed by atoms with Crippen LogP contribution in [0.4, 0.5) is 0 Å². The number of carbonyl (C=O) groups excluding carboxylic acids is 1. The second-order valence-corrected chi connectivity index (χ2v) is 5.17. The average Bonchev–Trinajstić information content (AvgIpc) is 2.85. The first-order valence-electron chi connectivity index (χ1n) is 6.73. The average molecular weight is 242 g/mol. The first-order valence-corrected chi connectivity index (χ1v) is 6.73. The molecular weight excluding hydrogens is 216 g/mol. The smallest absolute Gasteiger partial charge is 0.227 e. The van der Waals surface area contributed by atoms with Gasteiger partial charge in [0.15, 0.2) is 0 Å². The van der Waals surface area contributed by atoms with Gasteiger partial charge in [0.1, 0.15) is 0 Å². The van der Waals surface area contributed by atoms with E-state index in [2.05, 4.69) is 17.6 Å². The molecule has 0 aromatic rings. The second-order valence-electron chi connectivity index (χ2n) is 5.17. The molecule has 4 nitrogen and oxygen atoms in total. The maximum absolute atomic E-state index is 12.2. The van der Waals surface area contributed by atoms with Gasteiger partial charge in [-0.1, -0.05) is 20.8 Å². The summed E-state index contributed by atoms with van der Waals surface area (Å²) in [5.74, 6) is 0.0883. The normalized spacial score (nSPS) is 24.9. The molecule has 100 valence electrons. The van der Waals surface area contributed by atoms with Gasteiger partial charge in [0.25, 0.3) is 0 Å². The third-order valence-corrected chi connectivity index (χ3v) is 4.30. The van der Waals surface area contributed by atoms with Crippen LogP contribution in [0.1, 0.15) is 46.5 Å². The van der Waals surface area contributed by atoms with Gasteiger partial charge in [-0.15, -0.1) is 0 Å². The van der Waals surface area contributed by atoms with E-state index in [-0.39, 0.29) is 11.3 Å². The predicted octanol–water partition coefficient (Wildman–Crippen LogP) is 1.04. The Kier molecular flexibility index (Phi) is 4.95. The molecule has 1 unspecified atom stereocenters.